The number of carbonyl (C=O) groups is 1. The molecule has 0 saturated carbocycles. The molecule has 0 saturated heterocycles. The lowest BCUT2D eigenvalue weighted by Crippen LogP contribution is -2.24. The fourth-order valence-corrected chi connectivity index (χ4v) is 0.919. The molecule has 0 aromatic heterocycles. The molecule has 0 radical (unpaired) electrons. The highest BCUT2D eigenvalue weighted by atomic mass is 16.1. The highest BCUT2D eigenvalue weighted by molar-refractivity contribution is 5.75. The van der Waals surface area contributed by atoms with Gasteiger partial charge in [0.1, 0.15) is 0 Å². The second-order valence-electron chi connectivity index (χ2n) is 2.91. The van der Waals surface area contributed by atoms with E-state index >= 15 is 0 Å². The minimum atomic E-state index is 0.179. The van der Waals surface area contributed by atoms with Crippen molar-refractivity contribution in [2.24, 2.45) is 0 Å². The lowest BCUT2D eigenvalue weighted by atomic mass is 10.3. The van der Waals surface area contributed by atoms with Crippen LogP contribution in [0.15, 0.2) is 0 Å². The molecule has 0 aliphatic carbocycles. The van der Waals surface area contributed by atoms with Crippen LogP contribution in [-0.4, -0.2) is 26.0 Å². The first kappa shape index (κ1) is 11.4. The van der Waals surface area contributed by atoms with Crippen LogP contribution in [0, 0.1) is 0 Å². The van der Waals surface area contributed by atoms with Crippen LogP contribution in [0.3, 0.4) is 0 Å². The third-order valence-electron chi connectivity index (χ3n) is 1.68. The van der Waals surface area contributed by atoms with Crippen molar-refractivity contribution in [2.75, 3.05) is 20.1 Å². The summed E-state index contributed by atoms with van der Waals surface area (Å²) in [7, 11) is 1.90. The first-order valence-electron chi connectivity index (χ1n) is 4.72. The van der Waals surface area contributed by atoms with Crippen LogP contribution >= 0.6 is 0 Å². The zero-order chi connectivity index (χ0) is 9.23. The number of amides is 1. The van der Waals surface area contributed by atoms with Gasteiger partial charge in [0.25, 0.3) is 0 Å². The smallest absolute Gasteiger partial charge is 0.220 e. The number of rotatable bonds is 7. The van der Waals surface area contributed by atoms with E-state index in [1.807, 2.05) is 7.05 Å². The Balaban J connectivity index is 3.10. The molecule has 0 aliphatic heterocycles. The molecule has 0 atom stereocenters. The topological polar surface area (TPSA) is 41.1 Å². The van der Waals surface area contributed by atoms with Crippen LogP contribution in [0.1, 0.15) is 32.6 Å². The molecule has 0 aromatic carbocycles. The van der Waals surface area contributed by atoms with Gasteiger partial charge in [-0.1, -0.05) is 13.3 Å². The second-order valence-corrected chi connectivity index (χ2v) is 2.91. The van der Waals surface area contributed by atoms with E-state index in [1.54, 1.807) is 0 Å². The average molecular weight is 172 g/mol. The van der Waals surface area contributed by atoms with Crippen molar-refractivity contribution >= 4 is 5.91 Å². The van der Waals surface area contributed by atoms with E-state index in [0.29, 0.717) is 6.42 Å². The van der Waals surface area contributed by atoms with Crippen LogP contribution in [0.25, 0.3) is 0 Å². The van der Waals surface area contributed by atoms with Gasteiger partial charge in [-0.3, -0.25) is 4.79 Å². The van der Waals surface area contributed by atoms with E-state index in [0.717, 1.165) is 32.4 Å². The Morgan fingerprint density at radius 1 is 1.25 bits per heavy atom. The molecule has 2 N–H and O–H groups in total. The minimum absolute atomic E-state index is 0.179. The van der Waals surface area contributed by atoms with E-state index in [2.05, 4.69) is 17.6 Å². The molecule has 0 aromatic rings. The second kappa shape index (κ2) is 8.53. The van der Waals surface area contributed by atoms with Crippen molar-refractivity contribution in [3.8, 4) is 0 Å². The molecule has 0 fully saturated rings. The molecular formula is C9H20N2O. The van der Waals surface area contributed by atoms with E-state index in [-0.39, 0.29) is 5.91 Å². The Morgan fingerprint density at radius 3 is 2.58 bits per heavy atom. The molecule has 3 nitrogen and oxygen atoms in total. The van der Waals surface area contributed by atoms with Crippen molar-refractivity contribution in [3.05, 3.63) is 0 Å². The van der Waals surface area contributed by atoms with Crippen molar-refractivity contribution < 1.29 is 4.79 Å². The third-order valence-corrected chi connectivity index (χ3v) is 1.68. The molecule has 3 heteroatoms. The Kier molecular flexibility index (Phi) is 8.12. The number of unbranched alkanes of at least 4 members (excludes halogenated alkanes) is 1. The SMILES string of the molecule is CCCCNC(=O)CCCNC. The van der Waals surface area contributed by atoms with E-state index < -0.39 is 0 Å². The van der Waals surface area contributed by atoms with Crippen molar-refractivity contribution in [2.45, 2.75) is 32.6 Å². The quantitative estimate of drug-likeness (QED) is 0.560. The number of nitrogens with one attached hydrogen (secondary N) is 2. The maximum atomic E-state index is 11.1. The van der Waals surface area contributed by atoms with Crippen molar-refractivity contribution in [1.29, 1.82) is 0 Å². The van der Waals surface area contributed by atoms with Crippen molar-refractivity contribution in [1.82, 2.24) is 10.6 Å². The third kappa shape index (κ3) is 7.54. The Hall–Kier alpha value is -0.570. The monoisotopic (exact) mass is 172 g/mol. The van der Waals surface area contributed by atoms with Gasteiger partial charge in [-0.05, 0) is 26.4 Å². The largest absolute Gasteiger partial charge is 0.356 e. The Bertz CT molecular complexity index is 103. The molecule has 0 heterocycles. The molecule has 72 valence electrons. The summed E-state index contributed by atoms with van der Waals surface area (Å²) in [6.07, 6.45) is 3.79. The number of hydrogen-bond acceptors (Lipinski definition) is 2. The van der Waals surface area contributed by atoms with Crippen LogP contribution in [-0.2, 0) is 4.79 Å². The predicted octanol–water partition coefficient (Wildman–Crippen LogP) is 0.902. The normalized spacial score (nSPS) is 9.83. The highest BCUT2D eigenvalue weighted by Crippen LogP contribution is 1.88. The fourth-order valence-electron chi connectivity index (χ4n) is 0.919. The summed E-state index contributed by atoms with van der Waals surface area (Å²) in [5, 5.41) is 5.89. The Labute approximate surface area is 74.9 Å². The zero-order valence-electron chi connectivity index (χ0n) is 8.15. The van der Waals surface area contributed by atoms with E-state index in [4.69, 9.17) is 0 Å². The molecular weight excluding hydrogens is 152 g/mol. The summed E-state index contributed by atoms with van der Waals surface area (Å²) >= 11 is 0. The van der Waals surface area contributed by atoms with Gasteiger partial charge in [-0.15, -0.1) is 0 Å². The van der Waals surface area contributed by atoms with Crippen LogP contribution in [0.4, 0.5) is 0 Å². The fraction of sp³-hybridized carbons (Fsp3) is 0.889. The first-order chi connectivity index (χ1) is 5.81. The van der Waals surface area contributed by atoms with Crippen molar-refractivity contribution in [3.63, 3.8) is 0 Å². The van der Waals surface area contributed by atoms with Gasteiger partial charge in [0, 0.05) is 13.0 Å². The van der Waals surface area contributed by atoms with Gasteiger partial charge < -0.3 is 10.6 Å². The molecule has 0 unspecified atom stereocenters. The van der Waals surface area contributed by atoms with Crippen LogP contribution < -0.4 is 10.6 Å². The lowest BCUT2D eigenvalue weighted by Gasteiger charge is -2.03. The Morgan fingerprint density at radius 2 is 2.00 bits per heavy atom. The molecule has 1 amide bonds. The van der Waals surface area contributed by atoms with Crippen LogP contribution in [0.2, 0.25) is 0 Å². The standard InChI is InChI=1S/C9H20N2O/c1-3-4-8-11-9(12)6-5-7-10-2/h10H,3-8H2,1-2H3,(H,11,12). The maximum absolute atomic E-state index is 11.1. The molecule has 0 spiro atoms. The molecule has 12 heavy (non-hydrogen) atoms. The summed E-state index contributed by atoms with van der Waals surface area (Å²) in [6, 6.07) is 0. The number of hydrogen-bond donors (Lipinski definition) is 2. The number of carbonyl (C=O) groups excluding carboxylic acids is 1. The average Bonchev–Trinajstić information content (AvgIpc) is 2.06. The minimum Gasteiger partial charge on any atom is -0.356 e. The summed E-state index contributed by atoms with van der Waals surface area (Å²) < 4.78 is 0. The zero-order valence-corrected chi connectivity index (χ0v) is 8.15. The van der Waals surface area contributed by atoms with Gasteiger partial charge in [0.05, 0.1) is 0 Å². The first-order valence-corrected chi connectivity index (χ1v) is 4.72. The maximum Gasteiger partial charge on any atom is 0.220 e. The predicted molar refractivity (Wildman–Crippen MR) is 51.1 cm³/mol. The van der Waals surface area contributed by atoms with Crippen LogP contribution in [0.5, 0.6) is 0 Å². The summed E-state index contributed by atoms with van der Waals surface area (Å²) in [4.78, 5) is 11.1. The van der Waals surface area contributed by atoms with E-state index in [9.17, 15) is 4.79 Å². The van der Waals surface area contributed by atoms with E-state index in [1.165, 1.54) is 0 Å². The van der Waals surface area contributed by atoms with Gasteiger partial charge in [0.15, 0.2) is 0 Å². The highest BCUT2D eigenvalue weighted by Gasteiger charge is 1.97. The van der Waals surface area contributed by atoms with Gasteiger partial charge in [-0.25, -0.2) is 0 Å². The lowest BCUT2D eigenvalue weighted by molar-refractivity contribution is -0.121. The summed E-state index contributed by atoms with van der Waals surface area (Å²) in [6.45, 7) is 3.86. The van der Waals surface area contributed by atoms with Gasteiger partial charge >= 0.3 is 0 Å². The summed E-state index contributed by atoms with van der Waals surface area (Å²) in [5.41, 5.74) is 0. The summed E-state index contributed by atoms with van der Waals surface area (Å²) in [5.74, 6) is 0.179. The molecule has 0 bridgehead atoms. The molecule has 0 aliphatic rings. The van der Waals surface area contributed by atoms with Gasteiger partial charge in [0.2, 0.25) is 5.91 Å². The molecule has 0 rings (SSSR count). The van der Waals surface area contributed by atoms with Gasteiger partial charge in [-0.2, -0.15) is 0 Å².